The van der Waals surface area contributed by atoms with Crippen molar-refractivity contribution in [2.24, 2.45) is 0 Å². The summed E-state index contributed by atoms with van der Waals surface area (Å²) in [7, 11) is 0. The van der Waals surface area contributed by atoms with E-state index in [2.05, 4.69) is 20.6 Å². The summed E-state index contributed by atoms with van der Waals surface area (Å²) in [6, 6.07) is 4.01. The van der Waals surface area contributed by atoms with E-state index in [1.54, 1.807) is 0 Å². The summed E-state index contributed by atoms with van der Waals surface area (Å²) in [5.41, 5.74) is -0.137. The molecule has 0 bridgehead atoms. The Bertz CT molecular complexity index is 959. The normalized spacial score (nSPS) is 21.4. The van der Waals surface area contributed by atoms with Gasteiger partial charge in [-0.25, -0.2) is 32.3 Å². The molecule has 11 heteroatoms. The number of halogens is 4. The van der Waals surface area contributed by atoms with Gasteiger partial charge < -0.3 is 15.0 Å². The highest BCUT2D eigenvalue weighted by atomic mass is 19.3. The fourth-order valence-electron chi connectivity index (χ4n) is 3.66. The van der Waals surface area contributed by atoms with Crippen LogP contribution >= 0.6 is 0 Å². The number of pyridine rings is 2. The van der Waals surface area contributed by atoms with E-state index in [1.165, 1.54) is 18.3 Å². The number of fused-ring (bicyclic) bond motifs is 1. The Hall–Kier alpha value is -2.95. The number of piperazine rings is 1. The second-order valence-corrected chi connectivity index (χ2v) is 7.15. The van der Waals surface area contributed by atoms with Crippen LogP contribution in [0.4, 0.5) is 34.0 Å². The number of carbonyl (C=O) groups excluding carboxylic acids is 1. The zero-order chi connectivity index (χ0) is 21.4. The van der Waals surface area contributed by atoms with Crippen LogP contribution in [0.3, 0.4) is 0 Å². The minimum atomic E-state index is -3.02. The van der Waals surface area contributed by atoms with Gasteiger partial charge in [-0.05, 0) is 25.1 Å². The van der Waals surface area contributed by atoms with Gasteiger partial charge in [0, 0.05) is 43.0 Å². The predicted octanol–water partition coefficient (Wildman–Crippen LogP) is 3.75. The molecule has 0 spiro atoms. The zero-order valence-electron chi connectivity index (χ0n) is 15.9. The Morgan fingerprint density at radius 2 is 2.07 bits per heavy atom. The highest BCUT2D eigenvalue weighted by molar-refractivity contribution is 5.89. The van der Waals surface area contributed by atoms with Gasteiger partial charge in [0.05, 0.1) is 11.3 Å². The highest BCUT2D eigenvalue weighted by Gasteiger charge is 2.37. The first-order valence-electron chi connectivity index (χ1n) is 9.37. The van der Waals surface area contributed by atoms with E-state index in [4.69, 9.17) is 4.74 Å². The summed E-state index contributed by atoms with van der Waals surface area (Å²) < 4.78 is 59.2. The number of anilines is 2. The van der Waals surface area contributed by atoms with Crippen LogP contribution in [0.1, 0.15) is 30.6 Å². The lowest BCUT2D eigenvalue weighted by atomic mass is 9.98. The third-order valence-corrected chi connectivity index (χ3v) is 5.01. The van der Waals surface area contributed by atoms with Crippen LogP contribution in [0, 0.1) is 0 Å². The molecular formula is C19H19F4N5O2. The van der Waals surface area contributed by atoms with Crippen molar-refractivity contribution in [2.45, 2.75) is 31.9 Å². The molecule has 4 heterocycles. The summed E-state index contributed by atoms with van der Waals surface area (Å²) >= 11 is 0. The van der Waals surface area contributed by atoms with Gasteiger partial charge in [0.25, 0.3) is 12.9 Å². The van der Waals surface area contributed by atoms with Gasteiger partial charge in [0.15, 0.2) is 6.10 Å². The molecule has 1 saturated heterocycles. The number of aromatic nitrogens is 2. The fourth-order valence-corrected chi connectivity index (χ4v) is 3.66. The van der Waals surface area contributed by atoms with Crippen LogP contribution < -0.4 is 15.5 Å². The maximum Gasteiger partial charge on any atom is 0.413 e. The summed E-state index contributed by atoms with van der Waals surface area (Å²) in [6.07, 6.45) is -7.43. The van der Waals surface area contributed by atoms with Crippen molar-refractivity contribution in [1.29, 1.82) is 0 Å². The molecule has 2 aromatic rings. The molecule has 1 fully saturated rings. The number of hydrogen-bond acceptors (Lipinski definition) is 6. The van der Waals surface area contributed by atoms with Crippen molar-refractivity contribution >= 4 is 17.7 Å². The number of ether oxygens (including phenoxy) is 1. The number of nitrogens with one attached hydrogen (secondary N) is 2. The van der Waals surface area contributed by atoms with E-state index in [1.807, 2.05) is 11.8 Å². The molecule has 0 radical (unpaired) electrons. The van der Waals surface area contributed by atoms with Crippen LogP contribution in [-0.2, 0) is 4.74 Å². The quantitative estimate of drug-likeness (QED) is 0.727. The lowest BCUT2D eigenvalue weighted by Gasteiger charge is -2.33. The zero-order valence-corrected chi connectivity index (χ0v) is 15.9. The maximum absolute atomic E-state index is 13.6. The molecule has 2 atom stereocenters. The summed E-state index contributed by atoms with van der Waals surface area (Å²) in [4.78, 5) is 21.9. The molecule has 0 saturated carbocycles. The van der Waals surface area contributed by atoms with Gasteiger partial charge in [-0.15, -0.1) is 0 Å². The first-order chi connectivity index (χ1) is 14.3. The lowest BCUT2D eigenvalue weighted by Crippen LogP contribution is -2.49. The van der Waals surface area contributed by atoms with Crippen LogP contribution in [-0.4, -0.2) is 48.2 Å². The fraction of sp³-hybridized carbons (Fsp3) is 0.421. The molecule has 0 aromatic carbocycles. The average Bonchev–Trinajstić information content (AvgIpc) is 2.72. The molecule has 7 nitrogen and oxygen atoms in total. The molecule has 1 unspecified atom stereocenters. The highest BCUT2D eigenvalue weighted by Crippen LogP contribution is 2.41. The summed E-state index contributed by atoms with van der Waals surface area (Å²) in [6.45, 7) is 3.76. The van der Waals surface area contributed by atoms with E-state index in [9.17, 15) is 22.4 Å². The first-order valence-corrected chi connectivity index (χ1v) is 9.37. The van der Waals surface area contributed by atoms with E-state index in [0.29, 0.717) is 25.5 Å². The molecule has 2 aliphatic heterocycles. The summed E-state index contributed by atoms with van der Waals surface area (Å²) in [5, 5.41) is 5.54. The van der Waals surface area contributed by atoms with Gasteiger partial charge in [-0.2, -0.15) is 0 Å². The average molecular weight is 425 g/mol. The molecule has 2 N–H and O–H groups in total. The van der Waals surface area contributed by atoms with Gasteiger partial charge in [-0.1, -0.05) is 0 Å². The Kier molecular flexibility index (Phi) is 5.46. The molecule has 2 aliphatic rings. The molecule has 4 rings (SSSR count). The van der Waals surface area contributed by atoms with Crippen LogP contribution in [0.2, 0.25) is 0 Å². The van der Waals surface area contributed by atoms with Crippen LogP contribution in [0.5, 0.6) is 0 Å². The topological polar surface area (TPSA) is 79.4 Å². The van der Waals surface area contributed by atoms with E-state index < -0.39 is 25.0 Å². The number of rotatable bonds is 4. The molecule has 30 heavy (non-hydrogen) atoms. The smallest absolute Gasteiger partial charge is 0.413 e. The van der Waals surface area contributed by atoms with Crippen molar-refractivity contribution in [3.8, 4) is 11.3 Å². The largest absolute Gasteiger partial charge is 0.435 e. The number of alkyl halides is 4. The minimum absolute atomic E-state index is 0.0815. The SMILES string of the molecule is C[C@H]1CN(c2cc(C(F)F)cc(-c3ccnc4c3C(C(F)F)OC(=O)N4)n2)CCN1. The number of carbonyl (C=O) groups is 1. The Balaban J connectivity index is 1.85. The maximum atomic E-state index is 13.6. The first kappa shape index (κ1) is 20.3. The Morgan fingerprint density at radius 3 is 2.77 bits per heavy atom. The predicted molar refractivity (Wildman–Crippen MR) is 101 cm³/mol. The molecule has 0 aliphatic carbocycles. The molecule has 160 valence electrons. The van der Waals surface area contributed by atoms with Gasteiger partial charge in [-0.3, -0.25) is 5.32 Å². The number of cyclic esters (lactones) is 1. The minimum Gasteiger partial charge on any atom is -0.435 e. The second-order valence-electron chi connectivity index (χ2n) is 7.15. The second kappa shape index (κ2) is 8.05. The van der Waals surface area contributed by atoms with Crippen molar-refractivity contribution in [3.05, 3.63) is 35.5 Å². The number of amides is 1. The van der Waals surface area contributed by atoms with Gasteiger partial charge >= 0.3 is 6.09 Å². The molecule has 1 amide bonds. The monoisotopic (exact) mass is 425 g/mol. The lowest BCUT2D eigenvalue weighted by molar-refractivity contribution is -0.0168. The number of nitrogens with zero attached hydrogens (tertiary/aromatic N) is 3. The van der Waals surface area contributed by atoms with Crippen molar-refractivity contribution in [2.75, 3.05) is 29.9 Å². The van der Waals surface area contributed by atoms with Crippen LogP contribution in [0.15, 0.2) is 24.4 Å². The van der Waals surface area contributed by atoms with E-state index in [0.717, 1.165) is 6.07 Å². The third kappa shape index (κ3) is 3.89. The van der Waals surface area contributed by atoms with Crippen LogP contribution in [0.25, 0.3) is 11.3 Å². The van der Waals surface area contributed by atoms with Crippen molar-refractivity contribution in [1.82, 2.24) is 15.3 Å². The molecular weight excluding hydrogens is 406 g/mol. The number of hydrogen-bond donors (Lipinski definition) is 2. The Labute approximate surface area is 169 Å². The van der Waals surface area contributed by atoms with E-state index >= 15 is 0 Å². The third-order valence-electron chi connectivity index (χ3n) is 5.01. The standard InChI is InChI=1S/C19H19F4N5O2/c1-9-8-28(5-4-24-9)13-7-10(16(20)21)6-12(26-13)11-2-3-25-18-14(11)15(17(22)23)30-19(29)27-18/h2-3,6-7,9,15-17,24H,4-5,8H2,1H3,(H,25,27,29)/t9-,15?/m0/s1. The Morgan fingerprint density at radius 1 is 1.27 bits per heavy atom. The summed E-state index contributed by atoms with van der Waals surface area (Å²) in [5.74, 6) is 0.228. The van der Waals surface area contributed by atoms with E-state index in [-0.39, 0.29) is 34.2 Å². The van der Waals surface area contributed by atoms with Crippen molar-refractivity contribution < 1.29 is 27.1 Å². The molecule has 2 aromatic heterocycles. The van der Waals surface area contributed by atoms with Gasteiger partial charge in [0.2, 0.25) is 0 Å². The van der Waals surface area contributed by atoms with Crippen molar-refractivity contribution in [3.63, 3.8) is 0 Å². The van der Waals surface area contributed by atoms with Gasteiger partial charge in [0.1, 0.15) is 11.6 Å².